The van der Waals surface area contributed by atoms with E-state index in [-0.39, 0.29) is 0 Å². The summed E-state index contributed by atoms with van der Waals surface area (Å²) in [5.74, 6) is 1.84. The lowest BCUT2D eigenvalue weighted by molar-refractivity contribution is 0.482. The number of H-pyrrole nitrogens is 1. The number of fused-ring (bicyclic) bond motifs is 3. The van der Waals surface area contributed by atoms with Gasteiger partial charge in [-0.15, -0.1) is 10.2 Å². The van der Waals surface area contributed by atoms with E-state index in [1.165, 1.54) is 0 Å². The second kappa shape index (κ2) is 7.63. The topological polar surface area (TPSA) is 88.1 Å². The number of hydrazone groups is 1. The molecule has 2 N–H and O–H groups in total. The summed E-state index contributed by atoms with van der Waals surface area (Å²) >= 11 is 0. The summed E-state index contributed by atoms with van der Waals surface area (Å²) in [5.41, 5.74) is 7.27. The standard InChI is InChI=1S/C23H18N6O/c1-15-10-11-20-19(12-15)21-22(25-20)26-23(29-27-21)28-24-14-16-6-5-9-18(13-16)30-17-7-3-2-4-8-17/h2-14H,1H3,(H2,25,26,28,29)/b24-14+. The van der Waals surface area contributed by atoms with Gasteiger partial charge in [0, 0.05) is 10.9 Å². The lowest BCUT2D eigenvalue weighted by Crippen LogP contribution is -1.99. The third kappa shape index (κ3) is 3.68. The quantitative estimate of drug-likeness (QED) is 0.322. The molecule has 5 rings (SSSR count). The minimum Gasteiger partial charge on any atom is -0.457 e. The molecule has 0 fully saturated rings. The first-order chi connectivity index (χ1) is 14.7. The third-order valence-electron chi connectivity index (χ3n) is 4.59. The van der Waals surface area contributed by atoms with E-state index in [2.05, 4.69) is 36.8 Å². The van der Waals surface area contributed by atoms with Crippen molar-refractivity contribution in [2.45, 2.75) is 6.92 Å². The minimum absolute atomic E-state index is 0.318. The van der Waals surface area contributed by atoms with Crippen LogP contribution >= 0.6 is 0 Å². The lowest BCUT2D eigenvalue weighted by Gasteiger charge is -2.05. The van der Waals surface area contributed by atoms with Crippen molar-refractivity contribution < 1.29 is 4.74 Å². The molecule has 0 saturated carbocycles. The van der Waals surface area contributed by atoms with Crippen molar-refractivity contribution in [2.24, 2.45) is 5.10 Å². The highest BCUT2D eigenvalue weighted by Gasteiger charge is 2.08. The summed E-state index contributed by atoms with van der Waals surface area (Å²) in [6.07, 6.45) is 1.68. The summed E-state index contributed by atoms with van der Waals surface area (Å²) < 4.78 is 5.85. The second-order valence-electron chi connectivity index (χ2n) is 6.86. The van der Waals surface area contributed by atoms with Gasteiger partial charge in [-0.1, -0.05) is 42.0 Å². The Kier molecular flexibility index (Phi) is 4.53. The fourth-order valence-corrected chi connectivity index (χ4v) is 3.18. The molecule has 30 heavy (non-hydrogen) atoms. The van der Waals surface area contributed by atoms with E-state index in [4.69, 9.17) is 4.74 Å². The Bertz CT molecular complexity index is 1360. The Labute approximate surface area is 172 Å². The third-order valence-corrected chi connectivity index (χ3v) is 4.59. The van der Waals surface area contributed by atoms with Crippen molar-refractivity contribution >= 4 is 34.2 Å². The number of aryl methyl sites for hydroxylation is 1. The van der Waals surface area contributed by atoms with Gasteiger partial charge in [-0.05, 0) is 48.9 Å². The van der Waals surface area contributed by atoms with Gasteiger partial charge in [0.2, 0.25) is 0 Å². The number of anilines is 1. The summed E-state index contributed by atoms with van der Waals surface area (Å²) in [5, 5.41) is 13.7. The van der Waals surface area contributed by atoms with E-state index >= 15 is 0 Å². The van der Waals surface area contributed by atoms with Crippen LogP contribution in [0.3, 0.4) is 0 Å². The number of ether oxygens (including phenoxy) is 1. The first-order valence-corrected chi connectivity index (χ1v) is 9.49. The van der Waals surface area contributed by atoms with Crippen LogP contribution < -0.4 is 10.2 Å². The van der Waals surface area contributed by atoms with Crippen LogP contribution in [0.1, 0.15) is 11.1 Å². The van der Waals surface area contributed by atoms with E-state index in [0.29, 0.717) is 11.6 Å². The van der Waals surface area contributed by atoms with Crippen molar-refractivity contribution in [3.8, 4) is 11.5 Å². The molecule has 7 heteroatoms. The molecular weight excluding hydrogens is 376 g/mol. The Morgan fingerprint density at radius 1 is 0.933 bits per heavy atom. The van der Waals surface area contributed by atoms with E-state index in [1.54, 1.807) is 6.21 Å². The molecule has 0 amide bonds. The molecule has 3 aromatic carbocycles. The average molecular weight is 394 g/mol. The van der Waals surface area contributed by atoms with Crippen LogP contribution in [0.4, 0.5) is 5.95 Å². The van der Waals surface area contributed by atoms with Crippen molar-refractivity contribution in [1.82, 2.24) is 20.2 Å². The molecule has 0 aliphatic heterocycles. The van der Waals surface area contributed by atoms with E-state index < -0.39 is 0 Å². The van der Waals surface area contributed by atoms with Gasteiger partial charge < -0.3 is 9.72 Å². The molecule has 2 aromatic heterocycles. The maximum Gasteiger partial charge on any atom is 0.265 e. The van der Waals surface area contributed by atoms with Crippen LogP contribution in [0.15, 0.2) is 77.9 Å². The van der Waals surface area contributed by atoms with Gasteiger partial charge in [0.1, 0.15) is 17.0 Å². The van der Waals surface area contributed by atoms with E-state index in [9.17, 15) is 0 Å². The smallest absolute Gasteiger partial charge is 0.265 e. The molecule has 5 aromatic rings. The molecule has 0 saturated heterocycles. The Morgan fingerprint density at radius 3 is 2.70 bits per heavy atom. The van der Waals surface area contributed by atoms with E-state index in [1.807, 2.05) is 73.7 Å². The van der Waals surface area contributed by atoms with Crippen LogP contribution in [0, 0.1) is 6.92 Å². The number of nitrogens with zero attached hydrogens (tertiary/aromatic N) is 4. The molecule has 146 valence electrons. The monoisotopic (exact) mass is 394 g/mol. The molecule has 0 atom stereocenters. The average Bonchev–Trinajstić information content (AvgIpc) is 3.12. The number of para-hydroxylation sites is 1. The summed E-state index contributed by atoms with van der Waals surface area (Å²) in [7, 11) is 0. The molecule has 0 unspecified atom stereocenters. The highest BCUT2D eigenvalue weighted by Crippen LogP contribution is 2.24. The molecule has 0 aliphatic carbocycles. The zero-order valence-corrected chi connectivity index (χ0v) is 16.2. The van der Waals surface area contributed by atoms with Gasteiger partial charge in [-0.25, -0.2) is 5.43 Å². The number of hydrogen-bond donors (Lipinski definition) is 2. The minimum atomic E-state index is 0.318. The van der Waals surface area contributed by atoms with Crippen LogP contribution in [0.2, 0.25) is 0 Å². The maximum atomic E-state index is 5.85. The zero-order chi connectivity index (χ0) is 20.3. The predicted octanol–water partition coefficient (Wildman–Crippen LogP) is 5.05. The van der Waals surface area contributed by atoms with Crippen molar-refractivity contribution in [3.63, 3.8) is 0 Å². The fraction of sp³-hybridized carbons (Fsp3) is 0.0435. The van der Waals surface area contributed by atoms with Gasteiger partial charge in [0.25, 0.3) is 5.95 Å². The number of aromatic amines is 1. The van der Waals surface area contributed by atoms with Crippen molar-refractivity contribution in [2.75, 3.05) is 5.43 Å². The van der Waals surface area contributed by atoms with E-state index in [0.717, 1.165) is 39.0 Å². The normalized spacial score (nSPS) is 11.4. The highest BCUT2D eigenvalue weighted by atomic mass is 16.5. The van der Waals surface area contributed by atoms with Crippen LogP contribution in [-0.4, -0.2) is 26.4 Å². The second-order valence-corrected chi connectivity index (χ2v) is 6.86. The zero-order valence-electron chi connectivity index (χ0n) is 16.2. The summed E-state index contributed by atoms with van der Waals surface area (Å²) in [6.45, 7) is 2.05. The first-order valence-electron chi connectivity index (χ1n) is 9.49. The van der Waals surface area contributed by atoms with Gasteiger partial charge in [0.15, 0.2) is 5.65 Å². The number of benzene rings is 3. The number of aromatic nitrogens is 4. The first kappa shape index (κ1) is 17.8. The van der Waals surface area contributed by atoms with Crippen LogP contribution in [-0.2, 0) is 0 Å². The Hall–Kier alpha value is -4.26. The van der Waals surface area contributed by atoms with Crippen LogP contribution in [0.5, 0.6) is 11.5 Å². The molecule has 0 aliphatic rings. The van der Waals surface area contributed by atoms with Crippen molar-refractivity contribution in [1.29, 1.82) is 0 Å². The van der Waals surface area contributed by atoms with Gasteiger partial charge in [0.05, 0.1) is 6.21 Å². The van der Waals surface area contributed by atoms with Crippen LogP contribution in [0.25, 0.3) is 22.1 Å². The summed E-state index contributed by atoms with van der Waals surface area (Å²) in [4.78, 5) is 7.73. The lowest BCUT2D eigenvalue weighted by atomic mass is 10.2. The Morgan fingerprint density at radius 2 is 1.80 bits per heavy atom. The number of rotatable bonds is 5. The fourth-order valence-electron chi connectivity index (χ4n) is 3.18. The number of hydrogen-bond acceptors (Lipinski definition) is 6. The van der Waals surface area contributed by atoms with Gasteiger partial charge in [-0.2, -0.15) is 10.1 Å². The SMILES string of the molecule is Cc1ccc2[nH]c3nc(N/N=C/c4cccc(Oc5ccccc5)c4)nnc3c2c1. The molecular formula is C23H18N6O. The largest absolute Gasteiger partial charge is 0.457 e. The van der Waals surface area contributed by atoms with Crippen molar-refractivity contribution in [3.05, 3.63) is 83.9 Å². The summed E-state index contributed by atoms with van der Waals surface area (Å²) in [6, 6.07) is 23.4. The van der Waals surface area contributed by atoms with Gasteiger partial charge >= 0.3 is 0 Å². The predicted molar refractivity (Wildman–Crippen MR) is 118 cm³/mol. The molecule has 0 bridgehead atoms. The highest BCUT2D eigenvalue weighted by molar-refractivity contribution is 6.03. The molecule has 7 nitrogen and oxygen atoms in total. The molecule has 0 radical (unpaired) electrons. The Balaban J connectivity index is 1.32. The number of nitrogens with one attached hydrogen (secondary N) is 2. The maximum absolute atomic E-state index is 5.85. The van der Waals surface area contributed by atoms with Gasteiger partial charge in [-0.3, -0.25) is 0 Å². The molecule has 0 spiro atoms. The molecule has 2 heterocycles.